The smallest absolute Gasteiger partial charge is 0.225 e. The normalized spacial score (nSPS) is 16.9. The fourth-order valence-corrected chi connectivity index (χ4v) is 2.51. The van der Waals surface area contributed by atoms with E-state index in [1.54, 1.807) is 7.11 Å². The summed E-state index contributed by atoms with van der Waals surface area (Å²) < 4.78 is 5.23. The van der Waals surface area contributed by atoms with Crippen molar-refractivity contribution in [1.82, 2.24) is 4.90 Å². The van der Waals surface area contributed by atoms with Crippen LogP contribution in [0, 0.1) is 5.92 Å². The van der Waals surface area contributed by atoms with E-state index in [0.29, 0.717) is 12.2 Å². The molecule has 0 bridgehead atoms. The number of para-hydroxylation sites is 2. The molecule has 1 amide bonds. The van der Waals surface area contributed by atoms with E-state index >= 15 is 0 Å². The van der Waals surface area contributed by atoms with Crippen LogP contribution in [-0.2, 0) is 4.79 Å². The topological polar surface area (TPSA) is 41.6 Å². The molecular formula is C16H24N2O2. The highest BCUT2D eigenvalue weighted by Crippen LogP contribution is 2.23. The molecule has 1 aliphatic heterocycles. The average Bonchev–Trinajstić information content (AvgIpc) is 2.47. The number of benzene rings is 1. The van der Waals surface area contributed by atoms with E-state index in [-0.39, 0.29) is 5.91 Å². The molecule has 1 fully saturated rings. The van der Waals surface area contributed by atoms with E-state index in [0.717, 1.165) is 31.2 Å². The highest BCUT2D eigenvalue weighted by molar-refractivity contribution is 5.92. The molecule has 20 heavy (non-hydrogen) atoms. The van der Waals surface area contributed by atoms with Crippen LogP contribution in [0.1, 0.15) is 26.2 Å². The third-order valence-corrected chi connectivity index (χ3v) is 3.91. The van der Waals surface area contributed by atoms with E-state index < -0.39 is 0 Å². The predicted octanol–water partition coefficient (Wildman–Crippen LogP) is 2.76. The predicted molar refractivity (Wildman–Crippen MR) is 81.1 cm³/mol. The Morgan fingerprint density at radius 2 is 2.05 bits per heavy atom. The Morgan fingerprint density at radius 1 is 1.35 bits per heavy atom. The molecule has 1 aromatic carbocycles. The minimum atomic E-state index is 0.0492. The Kier molecular flexibility index (Phi) is 5.41. The Morgan fingerprint density at radius 3 is 2.75 bits per heavy atom. The Labute approximate surface area is 121 Å². The molecule has 0 spiro atoms. The van der Waals surface area contributed by atoms with Crippen molar-refractivity contribution in [1.29, 1.82) is 0 Å². The molecule has 1 N–H and O–H groups in total. The van der Waals surface area contributed by atoms with Crippen LogP contribution in [0.15, 0.2) is 24.3 Å². The molecule has 1 heterocycles. The SMILES string of the molecule is COc1ccccc1NC(=O)CCN1CCC(C)CC1. The average molecular weight is 276 g/mol. The van der Waals surface area contributed by atoms with Gasteiger partial charge in [-0.05, 0) is 44.0 Å². The van der Waals surface area contributed by atoms with Crippen LogP contribution in [0.2, 0.25) is 0 Å². The van der Waals surface area contributed by atoms with Gasteiger partial charge in [0.2, 0.25) is 5.91 Å². The number of nitrogens with zero attached hydrogens (tertiary/aromatic N) is 1. The Hall–Kier alpha value is -1.55. The molecule has 4 nitrogen and oxygen atoms in total. The van der Waals surface area contributed by atoms with Crippen LogP contribution in [-0.4, -0.2) is 37.6 Å². The summed E-state index contributed by atoms with van der Waals surface area (Å²) >= 11 is 0. The van der Waals surface area contributed by atoms with Gasteiger partial charge >= 0.3 is 0 Å². The third-order valence-electron chi connectivity index (χ3n) is 3.91. The zero-order chi connectivity index (χ0) is 14.4. The monoisotopic (exact) mass is 276 g/mol. The minimum Gasteiger partial charge on any atom is -0.495 e. The minimum absolute atomic E-state index is 0.0492. The largest absolute Gasteiger partial charge is 0.495 e. The molecule has 0 saturated carbocycles. The summed E-state index contributed by atoms with van der Waals surface area (Å²) in [7, 11) is 1.61. The maximum absolute atomic E-state index is 12.0. The van der Waals surface area contributed by atoms with E-state index in [1.165, 1.54) is 12.8 Å². The lowest BCUT2D eigenvalue weighted by Gasteiger charge is -2.29. The molecule has 0 unspecified atom stereocenters. The first kappa shape index (κ1) is 14.9. The molecule has 0 aliphatic carbocycles. The quantitative estimate of drug-likeness (QED) is 0.899. The zero-order valence-corrected chi connectivity index (χ0v) is 12.4. The number of rotatable bonds is 5. The zero-order valence-electron chi connectivity index (χ0n) is 12.4. The number of likely N-dealkylation sites (tertiary alicyclic amines) is 1. The maximum atomic E-state index is 12.0. The summed E-state index contributed by atoms with van der Waals surface area (Å²) in [6.07, 6.45) is 3.02. The molecule has 2 rings (SSSR count). The number of hydrogen-bond acceptors (Lipinski definition) is 3. The number of anilines is 1. The standard InChI is InChI=1S/C16H24N2O2/c1-13-7-10-18(11-8-13)12-9-16(19)17-14-5-3-4-6-15(14)20-2/h3-6,13H,7-12H2,1-2H3,(H,17,19). The molecule has 0 aromatic heterocycles. The Bertz CT molecular complexity index is 440. The fraction of sp³-hybridized carbons (Fsp3) is 0.562. The second-order valence-electron chi connectivity index (χ2n) is 5.52. The van der Waals surface area contributed by atoms with E-state index in [4.69, 9.17) is 4.74 Å². The van der Waals surface area contributed by atoms with Crippen LogP contribution in [0.4, 0.5) is 5.69 Å². The maximum Gasteiger partial charge on any atom is 0.225 e. The van der Waals surface area contributed by atoms with Gasteiger partial charge in [-0.15, -0.1) is 0 Å². The lowest BCUT2D eigenvalue weighted by Crippen LogP contribution is -2.35. The number of amides is 1. The van der Waals surface area contributed by atoms with Crippen molar-refractivity contribution in [2.75, 3.05) is 32.1 Å². The van der Waals surface area contributed by atoms with Crippen LogP contribution in [0.5, 0.6) is 5.75 Å². The number of nitrogens with one attached hydrogen (secondary N) is 1. The lowest BCUT2D eigenvalue weighted by molar-refractivity contribution is -0.116. The summed E-state index contributed by atoms with van der Waals surface area (Å²) in [5.74, 6) is 1.58. The van der Waals surface area contributed by atoms with Gasteiger partial charge in [-0.1, -0.05) is 19.1 Å². The molecule has 0 radical (unpaired) electrons. The second kappa shape index (κ2) is 7.29. The van der Waals surface area contributed by atoms with Crippen molar-refractivity contribution in [2.45, 2.75) is 26.2 Å². The van der Waals surface area contributed by atoms with Crippen molar-refractivity contribution in [3.63, 3.8) is 0 Å². The van der Waals surface area contributed by atoms with Crippen molar-refractivity contribution in [3.8, 4) is 5.75 Å². The fourth-order valence-electron chi connectivity index (χ4n) is 2.51. The van der Waals surface area contributed by atoms with Crippen LogP contribution in [0.3, 0.4) is 0 Å². The number of carbonyl (C=O) groups is 1. The first-order valence-corrected chi connectivity index (χ1v) is 7.34. The van der Waals surface area contributed by atoms with Gasteiger partial charge in [-0.3, -0.25) is 4.79 Å². The van der Waals surface area contributed by atoms with Gasteiger partial charge in [0.15, 0.2) is 0 Å². The van der Waals surface area contributed by atoms with Gasteiger partial charge < -0.3 is 15.0 Å². The van der Waals surface area contributed by atoms with E-state index in [1.807, 2.05) is 24.3 Å². The summed E-state index contributed by atoms with van der Waals surface area (Å²) in [5, 5.41) is 2.92. The number of ether oxygens (including phenoxy) is 1. The molecule has 0 atom stereocenters. The second-order valence-corrected chi connectivity index (χ2v) is 5.52. The number of piperidine rings is 1. The lowest BCUT2D eigenvalue weighted by atomic mass is 9.99. The van der Waals surface area contributed by atoms with Gasteiger partial charge in [0, 0.05) is 13.0 Å². The molecule has 1 aromatic rings. The first-order valence-electron chi connectivity index (χ1n) is 7.34. The number of carbonyl (C=O) groups excluding carboxylic acids is 1. The van der Waals surface area contributed by atoms with Gasteiger partial charge in [0.25, 0.3) is 0 Å². The molecular weight excluding hydrogens is 252 g/mol. The number of hydrogen-bond donors (Lipinski definition) is 1. The summed E-state index contributed by atoms with van der Waals surface area (Å²) in [6.45, 7) is 5.37. The van der Waals surface area contributed by atoms with Gasteiger partial charge in [0.1, 0.15) is 5.75 Å². The summed E-state index contributed by atoms with van der Waals surface area (Å²) in [6, 6.07) is 7.49. The highest BCUT2D eigenvalue weighted by atomic mass is 16.5. The van der Waals surface area contributed by atoms with Crippen molar-refractivity contribution in [2.24, 2.45) is 5.92 Å². The molecule has 1 aliphatic rings. The van der Waals surface area contributed by atoms with Crippen molar-refractivity contribution < 1.29 is 9.53 Å². The molecule has 110 valence electrons. The van der Waals surface area contributed by atoms with E-state index in [2.05, 4.69) is 17.1 Å². The highest BCUT2D eigenvalue weighted by Gasteiger charge is 2.16. The van der Waals surface area contributed by atoms with Crippen molar-refractivity contribution in [3.05, 3.63) is 24.3 Å². The van der Waals surface area contributed by atoms with Crippen molar-refractivity contribution >= 4 is 11.6 Å². The van der Waals surface area contributed by atoms with Crippen LogP contribution < -0.4 is 10.1 Å². The van der Waals surface area contributed by atoms with E-state index in [9.17, 15) is 4.79 Å². The first-order chi connectivity index (χ1) is 9.69. The van der Waals surface area contributed by atoms with Crippen LogP contribution in [0.25, 0.3) is 0 Å². The molecule has 1 saturated heterocycles. The molecule has 4 heteroatoms. The Balaban J connectivity index is 1.78. The van der Waals surface area contributed by atoms with Crippen LogP contribution >= 0.6 is 0 Å². The summed E-state index contributed by atoms with van der Waals surface area (Å²) in [5.41, 5.74) is 0.743. The van der Waals surface area contributed by atoms with Gasteiger partial charge in [-0.25, -0.2) is 0 Å². The van der Waals surface area contributed by atoms with Gasteiger partial charge in [-0.2, -0.15) is 0 Å². The number of methoxy groups -OCH3 is 1. The van der Waals surface area contributed by atoms with Gasteiger partial charge in [0.05, 0.1) is 12.8 Å². The third kappa shape index (κ3) is 4.23. The summed E-state index contributed by atoms with van der Waals surface area (Å²) in [4.78, 5) is 14.4.